The van der Waals surface area contributed by atoms with Crippen LogP contribution in [0.4, 0.5) is 11.4 Å². The van der Waals surface area contributed by atoms with Gasteiger partial charge in [0.05, 0.1) is 10.3 Å². The SMILES string of the molecule is CN1CCC(C(=O)c2ccc([N+](=O)[O-])cc2)(c2ccc(O)c(O)c2)C12C(=O)Nc1ccccc12. The highest BCUT2D eigenvalue weighted by molar-refractivity contribution is 6.16. The molecule has 1 fully saturated rings. The number of anilines is 1. The summed E-state index contributed by atoms with van der Waals surface area (Å²) in [6.07, 6.45) is 0.241. The Labute approximate surface area is 194 Å². The van der Waals surface area contributed by atoms with E-state index in [4.69, 9.17) is 0 Å². The number of hydrogen-bond donors (Lipinski definition) is 3. The summed E-state index contributed by atoms with van der Waals surface area (Å²) >= 11 is 0. The average Bonchev–Trinajstić information content (AvgIpc) is 3.31. The van der Waals surface area contributed by atoms with Crippen molar-refractivity contribution in [2.45, 2.75) is 17.4 Å². The molecule has 34 heavy (non-hydrogen) atoms. The number of nitrogens with zero attached hydrogens (tertiary/aromatic N) is 2. The van der Waals surface area contributed by atoms with E-state index in [0.29, 0.717) is 23.4 Å². The van der Waals surface area contributed by atoms with Crippen molar-refractivity contribution in [3.05, 3.63) is 93.5 Å². The molecule has 9 nitrogen and oxygen atoms in total. The summed E-state index contributed by atoms with van der Waals surface area (Å²) in [5.74, 6) is -1.55. The number of nitro benzene ring substituents is 1. The van der Waals surface area contributed by atoms with Crippen LogP contribution in [0.3, 0.4) is 0 Å². The highest BCUT2D eigenvalue weighted by Gasteiger charge is 2.70. The molecule has 0 radical (unpaired) electrons. The van der Waals surface area contributed by atoms with Gasteiger partial charge in [0.25, 0.3) is 11.6 Å². The van der Waals surface area contributed by atoms with E-state index < -0.39 is 27.4 Å². The lowest BCUT2D eigenvalue weighted by molar-refractivity contribution is -0.384. The zero-order valence-corrected chi connectivity index (χ0v) is 18.2. The molecule has 2 atom stereocenters. The van der Waals surface area contributed by atoms with Gasteiger partial charge in [-0.05, 0) is 49.4 Å². The molecule has 3 aromatic rings. The van der Waals surface area contributed by atoms with Crippen LogP contribution in [-0.2, 0) is 15.7 Å². The number of benzene rings is 3. The average molecular weight is 459 g/mol. The lowest BCUT2D eigenvalue weighted by Crippen LogP contribution is -2.60. The molecule has 2 unspecified atom stereocenters. The van der Waals surface area contributed by atoms with Gasteiger partial charge in [0.2, 0.25) is 0 Å². The van der Waals surface area contributed by atoms with Gasteiger partial charge < -0.3 is 15.5 Å². The van der Waals surface area contributed by atoms with Crippen LogP contribution < -0.4 is 5.32 Å². The number of phenolic OH excluding ortho intramolecular Hbond substituents is 2. The Morgan fingerprint density at radius 3 is 2.44 bits per heavy atom. The second-order valence-corrected chi connectivity index (χ2v) is 8.62. The predicted molar refractivity (Wildman–Crippen MR) is 123 cm³/mol. The first-order valence-corrected chi connectivity index (χ1v) is 10.7. The Morgan fingerprint density at radius 2 is 1.76 bits per heavy atom. The largest absolute Gasteiger partial charge is 0.504 e. The lowest BCUT2D eigenvalue weighted by Gasteiger charge is -2.44. The number of Topliss-reactive ketones (excluding diaryl/α,β-unsaturated/α-hetero) is 1. The third-order valence-corrected chi connectivity index (χ3v) is 7.10. The normalized spacial score (nSPS) is 23.6. The molecule has 1 spiro atoms. The van der Waals surface area contributed by atoms with Gasteiger partial charge in [-0.15, -0.1) is 0 Å². The van der Waals surface area contributed by atoms with Gasteiger partial charge in [-0.2, -0.15) is 0 Å². The summed E-state index contributed by atoms with van der Waals surface area (Å²) in [6, 6.07) is 16.6. The first-order chi connectivity index (χ1) is 16.2. The number of carbonyl (C=O) groups is 2. The molecule has 172 valence electrons. The molecule has 0 aliphatic carbocycles. The maximum atomic E-state index is 14.4. The number of fused-ring (bicyclic) bond motifs is 2. The Bertz CT molecular complexity index is 1360. The Hall–Kier alpha value is -4.24. The minimum Gasteiger partial charge on any atom is -0.504 e. The van der Waals surface area contributed by atoms with Gasteiger partial charge >= 0.3 is 0 Å². The standard InChI is InChI=1S/C25H21N3O6/c1-27-13-12-24(16-8-11-20(29)21(30)14-16,22(31)15-6-9-17(10-7-15)28(33)34)25(27)18-4-2-3-5-19(18)26-23(25)32/h2-11,14,29-30H,12-13H2,1H3,(H,26,32). The second kappa shape index (κ2) is 7.39. The van der Waals surface area contributed by atoms with Crippen molar-refractivity contribution in [3.63, 3.8) is 0 Å². The molecular weight excluding hydrogens is 438 g/mol. The fourth-order valence-electron chi connectivity index (χ4n) is 5.59. The number of phenols is 2. The Morgan fingerprint density at radius 1 is 1.06 bits per heavy atom. The number of nitro groups is 1. The number of rotatable bonds is 4. The zero-order chi connectivity index (χ0) is 24.3. The molecule has 2 aliphatic rings. The molecule has 0 aromatic heterocycles. The number of likely N-dealkylation sites (N-methyl/N-ethyl adjacent to an activating group) is 1. The molecule has 0 bridgehead atoms. The van der Waals surface area contributed by atoms with E-state index in [1.807, 2.05) is 4.90 Å². The van der Waals surface area contributed by atoms with Gasteiger partial charge in [-0.1, -0.05) is 24.3 Å². The summed E-state index contributed by atoms with van der Waals surface area (Å²) in [4.78, 5) is 40.6. The highest BCUT2D eigenvalue weighted by atomic mass is 16.6. The van der Waals surface area contributed by atoms with Gasteiger partial charge in [-0.3, -0.25) is 24.6 Å². The van der Waals surface area contributed by atoms with Crippen molar-refractivity contribution >= 4 is 23.1 Å². The van der Waals surface area contributed by atoms with E-state index in [2.05, 4.69) is 5.32 Å². The molecule has 2 heterocycles. The topological polar surface area (TPSA) is 133 Å². The number of nitrogens with one attached hydrogen (secondary N) is 1. The number of aromatic hydroxyl groups is 2. The van der Waals surface area contributed by atoms with Crippen LogP contribution in [0.25, 0.3) is 0 Å². The number of non-ortho nitro benzene ring substituents is 1. The van der Waals surface area contributed by atoms with E-state index in [-0.39, 0.29) is 29.3 Å². The van der Waals surface area contributed by atoms with E-state index in [1.165, 1.54) is 42.5 Å². The van der Waals surface area contributed by atoms with Crippen LogP contribution in [0.1, 0.15) is 27.9 Å². The maximum absolute atomic E-state index is 14.4. The van der Waals surface area contributed by atoms with Crippen LogP contribution in [0, 0.1) is 10.1 Å². The number of amides is 1. The quantitative estimate of drug-likeness (QED) is 0.236. The molecule has 3 aromatic carbocycles. The smallest absolute Gasteiger partial charge is 0.269 e. The second-order valence-electron chi connectivity index (χ2n) is 8.62. The van der Waals surface area contributed by atoms with Crippen molar-refractivity contribution in [3.8, 4) is 11.5 Å². The first-order valence-electron chi connectivity index (χ1n) is 10.7. The van der Waals surface area contributed by atoms with Gasteiger partial charge in [-0.25, -0.2) is 0 Å². The van der Waals surface area contributed by atoms with E-state index in [0.717, 1.165) is 0 Å². The lowest BCUT2D eigenvalue weighted by atomic mass is 9.59. The van der Waals surface area contributed by atoms with Crippen LogP contribution >= 0.6 is 0 Å². The first kappa shape index (κ1) is 21.6. The van der Waals surface area contributed by atoms with Crippen LogP contribution in [0.15, 0.2) is 66.7 Å². The summed E-state index contributed by atoms with van der Waals surface area (Å²) in [7, 11) is 1.77. The van der Waals surface area contributed by atoms with E-state index in [9.17, 15) is 29.9 Å². The monoisotopic (exact) mass is 459 g/mol. The minimum atomic E-state index is -1.49. The molecular formula is C25H21N3O6. The molecule has 2 aliphatic heterocycles. The third-order valence-electron chi connectivity index (χ3n) is 7.10. The van der Waals surface area contributed by atoms with E-state index in [1.54, 1.807) is 31.3 Å². The molecule has 9 heteroatoms. The summed E-state index contributed by atoms with van der Waals surface area (Å²) in [5.41, 5.74) is -1.30. The van der Waals surface area contributed by atoms with Crippen molar-refractivity contribution in [2.24, 2.45) is 0 Å². The third kappa shape index (κ3) is 2.64. The minimum absolute atomic E-state index is 0.157. The fraction of sp³-hybridized carbons (Fsp3) is 0.200. The van der Waals surface area contributed by atoms with Crippen LogP contribution in [-0.4, -0.2) is 45.3 Å². The van der Waals surface area contributed by atoms with Crippen molar-refractivity contribution in [1.82, 2.24) is 4.90 Å². The van der Waals surface area contributed by atoms with Crippen molar-refractivity contribution in [2.75, 3.05) is 18.9 Å². The molecule has 3 N–H and O–H groups in total. The van der Waals surface area contributed by atoms with Gasteiger partial charge in [0, 0.05) is 35.5 Å². The predicted octanol–water partition coefficient (Wildman–Crippen LogP) is 3.31. The maximum Gasteiger partial charge on any atom is 0.269 e. The Kier molecular flexibility index (Phi) is 4.69. The summed E-state index contributed by atoms with van der Waals surface area (Å²) in [5, 5.41) is 34.3. The van der Waals surface area contributed by atoms with Gasteiger partial charge in [0.15, 0.2) is 17.3 Å². The number of para-hydroxylation sites is 1. The number of likely N-dealkylation sites (tertiary alicyclic amines) is 1. The van der Waals surface area contributed by atoms with Crippen molar-refractivity contribution in [1.29, 1.82) is 0 Å². The fourth-order valence-corrected chi connectivity index (χ4v) is 5.59. The van der Waals surface area contributed by atoms with Crippen molar-refractivity contribution < 1.29 is 24.7 Å². The Balaban J connectivity index is 1.82. The molecule has 5 rings (SSSR count). The van der Waals surface area contributed by atoms with E-state index >= 15 is 0 Å². The number of carbonyl (C=O) groups excluding carboxylic acids is 2. The summed E-state index contributed by atoms with van der Waals surface area (Å²) < 4.78 is 0. The zero-order valence-electron chi connectivity index (χ0n) is 18.2. The molecule has 1 amide bonds. The molecule has 0 saturated carbocycles. The molecule has 1 saturated heterocycles. The van der Waals surface area contributed by atoms with Crippen LogP contribution in [0.5, 0.6) is 11.5 Å². The van der Waals surface area contributed by atoms with Gasteiger partial charge in [0.1, 0.15) is 5.54 Å². The number of ketones is 1. The summed E-state index contributed by atoms with van der Waals surface area (Å²) in [6.45, 7) is 0.391. The van der Waals surface area contributed by atoms with Crippen LogP contribution in [0.2, 0.25) is 0 Å². The highest BCUT2D eigenvalue weighted by Crippen LogP contribution is 2.59. The number of hydrogen-bond acceptors (Lipinski definition) is 7.